The van der Waals surface area contributed by atoms with Crippen molar-refractivity contribution >= 4 is 23.7 Å². The van der Waals surface area contributed by atoms with E-state index in [4.69, 9.17) is 0 Å². The lowest BCUT2D eigenvalue weighted by Gasteiger charge is -2.56. The molecule has 1 unspecified atom stereocenters. The molecule has 1 aromatic heterocycles. The summed E-state index contributed by atoms with van der Waals surface area (Å²) in [7, 11) is 0. The number of amides is 3. The number of thioether (sulfide) groups is 1. The average Bonchev–Trinajstić information content (AvgIpc) is 3.01. The molecule has 0 aromatic carbocycles. The fourth-order valence-electron chi connectivity index (χ4n) is 5.63. The van der Waals surface area contributed by atoms with Gasteiger partial charge in [-0.15, -0.1) is 5.10 Å². The molecule has 4 saturated carbocycles. The molecule has 1 heterocycles. The third-order valence-corrected chi connectivity index (χ3v) is 7.41. The summed E-state index contributed by atoms with van der Waals surface area (Å²) in [5.74, 6) is 1.91. The Labute approximate surface area is 170 Å². The molecule has 5 rings (SSSR count). The van der Waals surface area contributed by atoms with Crippen molar-refractivity contribution in [1.82, 2.24) is 30.8 Å². The van der Waals surface area contributed by atoms with Gasteiger partial charge in [0.15, 0.2) is 0 Å². The van der Waals surface area contributed by atoms with Crippen LogP contribution in [0.25, 0.3) is 0 Å². The zero-order valence-electron chi connectivity index (χ0n) is 17.1. The standard InChI is InChI=1S/C19H30N6O2S/c1-11(28-17-22-23-24-25(17)18(2,3)4)15(26)20-16(27)21-19-8-12-5-13(9-19)7-14(6-12)10-19/h11-14H,5-10H2,1-4H3,(H2,20,21,26,27). The second-order valence-corrected chi connectivity index (χ2v) is 11.3. The minimum absolute atomic E-state index is 0.105. The number of hydrogen-bond acceptors (Lipinski definition) is 6. The molecule has 3 amide bonds. The molecule has 28 heavy (non-hydrogen) atoms. The van der Waals surface area contributed by atoms with Crippen molar-refractivity contribution in [3.8, 4) is 0 Å². The summed E-state index contributed by atoms with van der Waals surface area (Å²) in [5.41, 5.74) is -0.385. The fraction of sp³-hybridized carbons (Fsp3) is 0.842. The van der Waals surface area contributed by atoms with Crippen molar-refractivity contribution in [2.24, 2.45) is 17.8 Å². The summed E-state index contributed by atoms with van der Waals surface area (Å²) in [4.78, 5) is 25.1. The lowest BCUT2D eigenvalue weighted by molar-refractivity contribution is -0.119. The Balaban J connectivity index is 1.34. The number of nitrogens with one attached hydrogen (secondary N) is 2. The normalized spacial score (nSPS) is 32.2. The van der Waals surface area contributed by atoms with Gasteiger partial charge in [0.1, 0.15) is 0 Å². The molecule has 4 aliphatic carbocycles. The summed E-state index contributed by atoms with van der Waals surface area (Å²) >= 11 is 1.26. The van der Waals surface area contributed by atoms with Crippen molar-refractivity contribution < 1.29 is 9.59 Å². The van der Waals surface area contributed by atoms with Crippen molar-refractivity contribution in [1.29, 1.82) is 0 Å². The number of urea groups is 1. The van der Waals surface area contributed by atoms with Gasteiger partial charge >= 0.3 is 6.03 Å². The average molecular weight is 407 g/mol. The van der Waals surface area contributed by atoms with Crippen LogP contribution >= 0.6 is 11.8 Å². The van der Waals surface area contributed by atoms with E-state index < -0.39 is 5.25 Å². The van der Waals surface area contributed by atoms with E-state index in [0.29, 0.717) is 5.16 Å². The van der Waals surface area contributed by atoms with E-state index >= 15 is 0 Å². The molecule has 1 atom stereocenters. The Kier molecular flexibility index (Phi) is 4.92. The second-order valence-electron chi connectivity index (χ2n) is 9.95. The molecule has 0 aliphatic heterocycles. The molecule has 0 saturated heterocycles. The Bertz CT molecular complexity index is 735. The summed E-state index contributed by atoms with van der Waals surface area (Å²) in [6.07, 6.45) is 7.13. The predicted molar refractivity (Wildman–Crippen MR) is 106 cm³/mol. The highest BCUT2D eigenvalue weighted by molar-refractivity contribution is 8.00. The van der Waals surface area contributed by atoms with E-state index in [0.717, 1.165) is 37.0 Å². The van der Waals surface area contributed by atoms with Gasteiger partial charge in [0, 0.05) is 5.54 Å². The first-order chi connectivity index (χ1) is 13.1. The van der Waals surface area contributed by atoms with Crippen molar-refractivity contribution in [2.75, 3.05) is 0 Å². The molecule has 4 bridgehead atoms. The molecule has 154 valence electrons. The number of rotatable bonds is 4. The van der Waals surface area contributed by atoms with E-state index in [-0.39, 0.29) is 23.0 Å². The lowest BCUT2D eigenvalue weighted by Crippen LogP contribution is -2.62. The largest absolute Gasteiger partial charge is 0.332 e. The first-order valence-corrected chi connectivity index (χ1v) is 11.1. The molecule has 4 aliphatic rings. The highest BCUT2D eigenvalue weighted by Crippen LogP contribution is 2.55. The molecule has 4 fully saturated rings. The maximum atomic E-state index is 12.6. The molecule has 0 spiro atoms. The van der Waals surface area contributed by atoms with Gasteiger partial charge in [0.25, 0.3) is 0 Å². The zero-order valence-corrected chi connectivity index (χ0v) is 17.9. The van der Waals surface area contributed by atoms with Crippen molar-refractivity contribution in [3.63, 3.8) is 0 Å². The van der Waals surface area contributed by atoms with Gasteiger partial charge in [-0.3, -0.25) is 10.1 Å². The van der Waals surface area contributed by atoms with Crippen LogP contribution in [-0.4, -0.2) is 42.9 Å². The highest BCUT2D eigenvalue weighted by Gasteiger charge is 2.51. The van der Waals surface area contributed by atoms with Gasteiger partial charge < -0.3 is 5.32 Å². The molecule has 2 N–H and O–H groups in total. The van der Waals surface area contributed by atoms with Crippen LogP contribution in [0.15, 0.2) is 5.16 Å². The van der Waals surface area contributed by atoms with E-state index in [1.54, 1.807) is 11.6 Å². The second kappa shape index (κ2) is 7.00. The van der Waals surface area contributed by atoms with Gasteiger partial charge in [-0.1, -0.05) is 11.8 Å². The maximum Gasteiger partial charge on any atom is 0.321 e. The first kappa shape index (κ1) is 19.7. The fourth-order valence-corrected chi connectivity index (χ4v) is 6.61. The third kappa shape index (κ3) is 3.90. The number of carbonyl (C=O) groups excluding carboxylic acids is 2. The van der Waals surface area contributed by atoms with Crippen LogP contribution in [0, 0.1) is 17.8 Å². The number of aromatic nitrogens is 4. The zero-order chi connectivity index (χ0) is 20.1. The molecule has 1 aromatic rings. The smallest absolute Gasteiger partial charge is 0.321 e. The predicted octanol–water partition coefficient (Wildman–Crippen LogP) is 2.70. The Morgan fingerprint density at radius 1 is 1.14 bits per heavy atom. The number of nitrogens with zero attached hydrogens (tertiary/aromatic N) is 4. The van der Waals surface area contributed by atoms with Crippen molar-refractivity contribution in [3.05, 3.63) is 0 Å². The van der Waals surface area contributed by atoms with E-state index in [9.17, 15) is 9.59 Å². The molecular formula is C19H30N6O2S. The van der Waals surface area contributed by atoms with Crippen LogP contribution in [0.2, 0.25) is 0 Å². The van der Waals surface area contributed by atoms with Crippen molar-refractivity contribution in [2.45, 2.75) is 87.7 Å². The Morgan fingerprint density at radius 3 is 2.25 bits per heavy atom. The summed E-state index contributed by atoms with van der Waals surface area (Å²) in [5, 5.41) is 17.5. The SMILES string of the molecule is CC(Sc1nnnn1C(C)(C)C)C(=O)NC(=O)NC12CC3CC(CC(C3)C1)C2. The number of hydrogen-bond donors (Lipinski definition) is 2. The lowest BCUT2D eigenvalue weighted by atomic mass is 9.53. The van der Waals surface area contributed by atoms with Crippen LogP contribution < -0.4 is 10.6 Å². The Hall–Kier alpha value is -1.64. The number of imide groups is 1. The molecule has 0 radical (unpaired) electrons. The van der Waals surface area contributed by atoms with E-state index in [1.807, 2.05) is 20.8 Å². The molecule has 8 nitrogen and oxygen atoms in total. The maximum absolute atomic E-state index is 12.6. The van der Waals surface area contributed by atoms with Crippen LogP contribution in [0.5, 0.6) is 0 Å². The summed E-state index contributed by atoms with van der Waals surface area (Å²) in [6.45, 7) is 7.75. The monoisotopic (exact) mass is 406 g/mol. The van der Waals surface area contributed by atoms with E-state index in [1.165, 1.54) is 31.0 Å². The summed E-state index contributed by atoms with van der Waals surface area (Å²) < 4.78 is 1.69. The highest BCUT2D eigenvalue weighted by atomic mass is 32.2. The van der Waals surface area contributed by atoms with Crippen LogP contribution in [-0.2, 0) is 10.3 Å². The van der Waals surface area contributed by atoms with Gasteiger partial charge in [0.2, 0.25) is 11.1 Å². The van der Waals surface area contributed by atoms with Crippen LogP contribution in [0.1, 0.15) is 66.2 Å². The van der Waals surface area contributed by atoms with Crippen LogP contribution in [0.3, 0.4) is 0 Å². The molecule has 9 heteroatoms. The quantitative estimate of drug-likeness (QED) is 0.746. The number of tetrazole rings is 1. The van der Waals surface area contributed by atoms with Gasteiger partial charge in [-0.05, 0) is 94.4 Å². The van der Waals surface area contributed by atoms with Gasteiger partial charge in [0.05, 0.1) is 10.8 Å². The number of carbonyl (C=O) groups is 2. The minimum Gasteiger partial charge on any atom is -0.332 e. The van der Waals surface area contributed by atoms with E-state index in [2.05, 4.69) is 26.2 Å². The van der Waals surface area contributed by atoms with Gasteiger partial charge in [-0.25, -0.2) is 9.48 Å². The third-order valence-electron chi connectivity index (χ3n) is 6.38. The minimum atomic E-state index is -0.478. The topological polar surface area (TPSA) is 102 Å². The Morgan fingerprint density at radius 2 is 1.71 bits per heavy atom. The first-order valence-electron chi connectivity index (χ1n) is 10.2. The van der Waals surface area contributed by atoms with Crippen LogP contribution in [0.4, 0.5) is 4.79 Å². The van der Waals surface area contributed by atoms with Gasteiger partial charge in [-0.2, -0.15) is 0 Å². The summed E-state index contributed by atoms with van der Waals surface area (Å²) in [6, 6.07) is -0.366. The molecular weight excluding hydrogens is 376 g/mol.